The van der Waals surface area contributed by atoms with Gasteiger partial charge in [0.2, 0.25) is 0 Å². The lowest BCUT2D eigenvalue weighted by molar-refractivity contribution is -0.125. The van der Waals surface area contributed by atoms with Crippen LogP contribution in [0.2, 0.25) is 5.02 Å². The molecule has 0 spiro atoms. The third kappa shape index (κ3) is 4.82. The van der Waals surface area contributed by atoms with Crippen molar-refractivity contribution in [3.05, 3.63) is 35.5 Å². The number of carbonyl (C=O) groups is 1. The SMILES string of the molecule is Cl.Cl.NC1CC2CCCC(C1)C2NC(=O)COc1ccc(Cl)c2cccnc12. The Kier molecular flexibility index (Phi) is 8.19. The molecule has 2 unspecified atom stereocenters. The first-order valence-electron chi connectivity index (χ1n) is 9.33. The number of ether oxygens (including phenoxy) is 1. The Balaban J connectivity index is 0.00000140. The summed E-state index contributed by atoms with van der Waals surface area (Å²) in [4.78, 5) is 16.8. The smallest absolute Gasteiger partial charge is 0.258 e. The van der Waals surface area contributed by atoms with E-state index in [0.29, 0.717) is 28.1 Å². The van der Waals surface area contributed by atoms with Crippen molar-refractivity contribution < 1.29 is 9.53 Å². The topological polar surface area (TPSA) is 77.2 Å². The Morgan fingerprint density at radius 3 is 2.64 bits per heavy atom. The van der Waals surface area contributed by atoms with E-state index in [2.05, 4.69) is 10.3 Å². The van der Waals surface area contributed by atoms with Gasteiger partial charge in [0.25, 0.3) is 5.91 Å². The van der Waals surface area contributed by atoms with Gasteiger partial charge in [0.1, 0.15) is 11.3 Å². The Labute approximate surface area is 182 Å². The van der Waals surface area contributed by atoms with Crippen LogP contribution in [0.15, 0.2) is 30.5 Å². The van der Waals surface area contributed by atoms with Crippen LogP contribution in [0.5, 0.6) is 5.75 Å². The minimum atomic E-state index is -0.0820. The molecule has 2 fully saturated rings. The van der Waals surface area contributed by atoms with E-state index in [0.717, 1.165) is 31.1 Å². The van der Waals surface area contributed by atoms with Crippen LogP contribution in [0.3, 0.4) is 0 Å². The summed E-state index contributed by atoms with van der Waals surface area (Å²) in [5, 5.41) is 4.65. The fraction of sp³-hybridized carbons (Fsp3) is 0.500. The minimum absolute atomic E-state index is 0. The van der Waals surface area contributed by atoms with Crippen LogP contribution < -0.4 is 15.8 Å². The highest BCUT2D eigenvalue weighted by Crippen LogP contribution is 2.39. The van der Waals surface area contributed by atoms with Gasteiger partial charge in [-0.05, 0) is 61.8 Å². The molecular formula is C20H26Cl3N3O2. The van der Waals surface area contributed by atoms with Gasteiger partial charge in [0.15, 0.2) is 6.61 Å². The first-order chi connectivity index (χ1) is 12.6. The van der Waals surface area contributed by atoms with Gasteiger partial charge in [-0.1, -0.05) is 18.0 Å². The highest BCUT2D eigenvalue weighted by atomic mass is 35.5. The van der Waals surface area contributed by atoms with Gasteiger partial charge < -0.3 is 15.8 Å². The number of aromatic nitrogens is 1. The predicted molar refractivity (Wildman–Crippen MR) is 117 cm³/mol. The lowest BCUT2D eigenvalue weighted by Gasteiger charge is -2.45. The first kappa shape index (κ1) is 23.0. The average Bonchev–Trinajstić information content (AvgIpc) is 2.62. The number of rotatable bonds is 4. The van der Waals surface area contributed by atoms with E-state index in [1.165, 1.54) is 6.42 Å². The van der Waals surface area contributed by atoms with Crippen LogP contribution in [0.4, 0.5) is 0 Å². The fourth-order valence-corrected chi connectivity index (χ4v) is 4.84. The lowest BCUT2D eigenvalue weighted by Crippen LogP contribution is -2.54. The van der Waals surface area contributed by atoms with Gasteiger partial charge >= 0.3 is 0 Å². The summed E-state index contributed by atoms with van der Waals surface area (Å²) < 4.78 is 5.76. The van der Waals surface area contributed by atoms with Crippen molar-refractivity contribution >= 4 is 53.2 Å². The molecule has 2 bridgehead atoms. The zero-order chi connectivity index (χ0) is 18.1. The molecule has 3 N–H and O–H groups in total. The third-order valence-electron chi connectivity index (χ3n) is 5.74. The molecule has 5 nitrogen and oxygen atoms in total. The Bertz CT molecular complexity index is 806. The van der Waals surface area contributed by atoms with Crippen molar-refractivity contribution in [2.75, 3.05) is 6.61 Å². The molecule has 28 heavy (non-hydrogen) atoms. The van der Waals surface area contributed by atoms with Crippen molar-refractivity contribution in [1.29, 1.82) is 0 Å². The quantitative estimate of drug-likeness (QED) is 0.740. The molecule has 154 valence electrons. The molecule has 1 heterocycles. The molecule has 0 aliphatic heterocycles. The van der Waals surface area contributed by atoms with Crippen molar-refractivity contribution in [1.82, 2.24) is 10.3 Å². The Morgan fingerprint density at radius 1 is 1.21 bits per heavy atom. The number of hydrogen-bond acceptors (Lipinski definition) is 4. The van der Waals surface area contributed by atoms with Crippen molar-refractivity contribution in [2.45, 2.75) is 44.2 Å². The maximum Gasteiger partial charge on any atom is 0.258 e. The van der Waals surface area contributed by atoms with Crippen LogP contribution in [0, 0.1) is 11.8 Å². The summed E-state index contributed by atoms with van der Waals surface area (Å²) in [7, 11) is 0. The number of amides is 1. The van der Waals surface area contributed by atoms with E-state index in [4.69, 9.17) is 22.1 Å². The standard InChI is InChI=1S/C20H24ClN3O2.2ClH/c21-16-6-7-17(20-15(16)5-2-8-23-20)26-11-18(25)24-19-12-3-1-4-13(19)10-14(22)9-12;;/h2,5-8,12-14,19H,1,3-4,9-11,22H2,(H,24,25);2*1H. The monoisotopic (exact) mass is 445 g/mol. The van der Waals surface area contributed by atoms with Gasteiger partial charge in [-0.25, -0.2) is 0 Å². The molecule has 1 aromatic carbocycles. The summed E-state index contributed by atoms with van der Waals surface area (Å²) in [6.07, 6.45) is 7.26. The van der Waals surface area contributed by atoms with Crippen molar-refractivity contribution in [3.8, 4) is 5.75 Å². The number of fused-ring (bicyclic) bond motifs is 3. The molecule has 0 saturated heterocycles. The van der Waals surface area contributed by atoms with Crippen LogP contribution in [0.25, 0.3) is 10.9 Å². The summed E-state index contributed by atoms with van der Waals surface area (Å²) in [5.41, 5.74) is 6.84. The second kappa shape index (κ2) is 9.97. The maximum atomic E-state index is 12.5. The minimum Gasteiger partial charge on any atom is -0.481 e. The fourth-order valence-electron chi connectivity index (χ4n) is 4.62. The number of hydrogen-bond donors (Lipinski definition) is 2. The van der Waals surface area contributed by atoms with E-state index in [1.807, 2.05) is 12.1 Å². The number of nitrogens with two attached hydrogens (primary N) is 1. The lowest BCUT2D eigenvalue weighted by atomic mass is 9.67. The predicted octanol–water partition coefficient (Wildman–Crippen LogP) is 4.13. The molecule has 4 rings (SSSR count). The highest BCUT2D eigenvalue weighted by Gasteiger charge is 2.39. The highest BCUT2D eigenvalue weighted by molar-refractivity contribution is 6.35. The molecule has 2 saturated carbocycles. The largest absolute Gasteiger partial charge is 0.481 e. The van der Waals surface area contributed by atoms with E-state index >= 15 is 0 Å². The van der Waals surface area contributed by atoms with Gasteiger partial charge in [0, 0.05) is 23.7 Å². The second-order valence-electron chi connectivity index (χ2n) is 7.51. The number of nitrogens with zero attached hydrogens (tertiary/aromatic N) is 1. The van der Waals surface area contributed by atoms with E-state index in [1.54, 1.807) is 18.3 Å². The molecular weight excluding hydrogens is 421 g/mol. The molecule has 1 amide bonds. The van der Waals surface area contributed by atoms with Gasteiger partial charge in [-0.3, -0.25) is 9.78 Å². The van der Waals surface area contributed by atoms with Crippen LogP contribution in [-0.2, 0) is 4.79 Å². The molecule has 2 aliphatic carbocycles. The number of benzene rings is 1. The Morgan fingerprint density at radius 2 is 1.93 bits per heavy atom. The number of nitrogens with one attached hydrogen (secondary N) is 1. The van der Waals surface area contributed by atoms with Gasteiger partial charge in [-0.2, -0.15) is 0 Å². The van der Waals surface area contributed by atoms with Crippen LogP contribution >= 0.6 is 36.4 Å². The zero-order valence-corrected chi connectivity index (χ0v) is 17.9. The van der Waals surface area contributed by atoms with E-state index in [9.17, 15) is 4.79 Å². The molecule has 1 aromatic heterocycles. The van der Waals surface area contributed by atoms with Gasteiger partial charge in [0.05, 0.1) is 5.02 Å². The van der Waals surface area contributed by atoms with Crippen LogP contribution in [-0.4, -0.2) is 29.6 Å². The molecule has 2 atom stereocenters. The van der Waals surface area contributed by atoms with Crippen molar-refractivity contribution in [3.63, 3.8) is 0 Å². The summed E-state index contributed by atoms with van der Waals surface area (Å²) in [5.74, 6) is 1.49. The molecule has 2 aromatic rings. The zero-order valence-electron chi connectivity index (χ0n) is 15.5. The summed E-state index contributed by atoms with van der Waals surface area (Å²) in [6, 6.07) is 7.77. The summed E-state index contributed by atoms with van der Waals surface area (Å²) >= 11 is 6.20. The molecule has 0 radical (unpaired) electrons. The second-order valence-corrected chi connectivity index (χ2v) is 7.92. The Hall–Kier alpha value is -1.27. The molecule has 2 aliphatic rings. The van der Waals surface area contributed by atoms with E-state index in [-0.39, 0.29) is 49.4 Å². The first-order valence-corrected chi connectivity index (χ1v) is 9.70. The number of pyridine rings is 1. The summed E-state index contributed by atoms with van der Waals surface area (Å²) in [6.45, 7) is -0.0186. The average molecular weight is 447 g/mol. The number of carbonyl (C=O) groups excluding carboxylic acids is 1. The van der Waals surface area contributed by atoms with E-state index < -0.39 is 0 Å². The molecule has 8 heteroatoms. The normalized spacial score (nSPS) is 25.9. The number of halogens is 3. The van der Waals surface area contributed by atoms with Gasteiger partial charge in [-0.15, -0.1) is 24.8 Å². The van der Waals surface area contributed by atoms with Crippen molar-refractivity contribution in [2.24, 2.45) is 17.6 Å². The van der Waals surface area contributed by atoms with Crippen LogP contribution in [0.1, 0.15) is 32.1 Å². The maximum absolute atomic E-state index is 12.5. The third-order valence-corrected chi connectivity index (χ3v) is 6.07.